The molecule has 82 valence electrons. The molecule has 1 aliphatic heterocycles. The van der Waals surface area contributed by atoms with Crippen LogP contribution in [0.4, 0.5) is 5.82 Å². The first kappa shape index (κ1) is 9.27. The predicted octanol–water partition coefficient (Wildman–Crippen LogP) is 2.46. The maximum Gasteiger partial charge on any atom is 0.176 e. The van der Waals surface area contributed by atoms with Gasteiger partial charge in [-0.05, 0) is 18.2 Å². The first-order valence-corrected chi connectivity index (χ1v) is 5.23. The number of aliphatic imine (C=N–C) groups is 1. The van der Waals surface area contributed by atoms with Gasteiger partial charge in [0.25, 0.3) is 0 Å². The summed E-state index contributed by atoms with van der Waals surface area (Å²) in [6.07, 6.45) is 2.74. The highest BCUT2D eigenvalue weighted by molar-refractivity contribution is 5.94. The number of aryl methyl sites for hydroxylation is 1. The van der Waals surface area contributed by atoms with E-state index in [1.54, 1.807) is 7.11 Å². The highest BCUT2D eigenvalue weighted by Gasteiger charge is 2.17. The average Bonchev–Trinajstić information content (AvgIpc) is 2.64. The minimum atomic E-state index is 0.241. The minimum Gasteiger partial charge on any atom is -0.504 e. The number of benzene rings is 1. The van der Waals surface area contributed by atoms with E-state index in [4.69, 9.17) is 4.74 Å². The molecule has 0 saturated carbocycles. The molecule has 0 unspecified atom stereocenters. The zero-order valence-corrected chi connectivity index (χ0v) is 8.97. The summed E-state index contributed by atoms with van der Waals surface area (Å²) < 4.78 is 7.18. The lowest BCUT2D eigenvalue weighted by atomic mass is 10.2. The fourth-order valence-electron chi connectivity index (χ4n) is 2.12. The van der Waals surface area contributed by atoms with Gasteiger partial charge in [0.15, 0.2) is 11.6 Å². The van der Waals surface area contributed by atoms with Crippen LogP contribution in [-0.2, 0) is 6.54 Å². The number of nitrogens with zero attached hydrogens (tertiary/aromatic N) is 2. The van der Waals surface area contributed by atoms with Gasteiger partial charge in [-0.1, -0.05) is 0 Å². The SMILES string of the molecule is COc1ccc2c(c1)c(O)c1n2CCC=N1. The Balaban J connectivity index is 2.36. The molecule has 4 heteroatoms. The summed E-state index contributed by atoms with van der Waals surface area (Å²) in [7, 11) is 1.62. The molecule has 0 radical (unpaired) electrons. The molecular formula is C12H12N2O2. The van der Waals surface area contributed by atoms with Crippen LogP contribution in [0.15, 0.2) is 23.2 Å². The van der Waals surface area contributed by atoms with E-state index >= 15 is 0 Å². The number of aromatic nitrogens is 1. The lowest BCUT2D eigenvalue weighted by Gasteiger charge is -2.09. The second-order valence-corrected chi connectivity index (χ2v) is 3.81. The molecular weight excluding hydrogens is 204 g/mol. The molecule has 1 N–H and O–H groups in total. The average molecular weight is 216 g/mol. The van der Waals surface area contributed by atoms with Crippen molar-refractivity contribution in [1.29, 1.82) is 0 Å². The summed E-state index contributed by atoms with van der Waals surface area (Å²) in [6, 6.07) is 5.69. The van der Waals surface area contributed by atoms with Crippen molar-refractivity contribution in [3.8, 4) is 11.5 Å². The molecule has 4 nitrogen and oxygen atoms in total. The van der Waals surface area contributed by atoms with Crippen molar-refractivity contribution < 1.29 is 9.84 Å². The van der Waals surface area contributed by atoms with Crippen LogP contribution in [0.25, 0.3) is 10.9 Å². The van der Waals surface area contributed by atoms with Crippen molar-refractivity contribution in [1.82, 2.24) is 4.57 Å². The summed E-state index contributed by atoms with van der Waals surface area (Å²) in [5, 5.41) is 10.9. The predicted molar refractivity (Wildman–Crippen MR) is 62.9 cm³/mol. The Morgan fingerprint density at radius 1 is 1.44 bits per heavy atom. The van der Waals surface area contributed by atoms with Crippen molar-refractivity contribution in [3.05, 3.63) is 18.2 Å². The van der Waals surface area contributed by atoms with Crippen LogP contribution in [0.1, 0.15) is 6.42 Å². The van der Waals surface area contributed by atoms with Gasteiger partial charge in [0, 0.05) is 24.6 Å². The summed E-state index contributed by atoms with van der Waals surface area (Å²) in [5.41, 5.74) is 1.00. The second-order valence-electron chi connectivity index (χ2n) is 3.81. The molecule has 16 heavy (non-hydrogen) atoms. The second kappa shape index (κ2) is 3.27. The molecule has 0 fully saturated rings. The molecule has 1 aromatic heterocycles. The smallest absolute Gasteiger partial charge is 0.176 e. The minimum absolute atomic E-state index is 0.241. The van der Waals surface area contributed by atoms with Gasteiger partial charge < -0.3 is 14.4 Å². The fourth-order valence-corrected chi connectivity index (χ4v) is 2.12. The maximum atomic E-state index is 10.1. The molecule has 0 saturated heterocycles. The molecule has 1 aromatic carbocycles. The highest BCUT2D eigenvalue weighted by atomic mass is 16.5. The van der Waals surface area contributed by atoms with Crippen LogP contribution in [0.2, 0.25) is 0 Å². The quantitative estimate of drug-likeness (QED) is 0.795. The third-order valence-corrected chi connectivity index (χ3v) is 2.91. The van der Waals surface area contributed by atoms with Crippen molar-refractivity contribution in [3.63, 3.8) is 0 Å². The zero-order valence-electron chi connectivity index (χ0n) is 8.97. The summed E-state index contributed by atoms with van der Waals surface area (Å²) in [5.74, 6) is 1.63. The van der Waals surface area contributed by atoms with Crippen LogP contribution in [0.3, 0.4) is 0 Å². The number of hydrogen-bond donors (Lipinski definition) is 1. The number of methoxy groups -OCH3 is 1. The van der Waals surface area contributed by atoms with E-state index in [0.29, 0.717) is 5.82 Å². The molecule has 0 amide bonds. The normalized spacial score (nSPS) is 14.1. The number of aromatic hydroxyl groups is 1. The van der Waals surface area contributed by atoms with Gasteiger partial charge in [0.2, 0.25) is 0 Å². The van der Waals surface area contributed by atoms with Crippen molar-refractivity contribution in [2.75, 3.05) is 7.11 Å². The van der Waals surface area contributed by atoms with E-state index in [-0.39, 0.29) is 5.75 Å². The van der Waals surface area contributed by atoms with Crippen LogP contribution >= 0.6 is 0 Å². The van der Waals surface area contributed by atoms with Crippen LogP contribution in [0, 0.1) is 0 Å². The van der Waals surface area contributed by atoms with Gasteiger partial charge >= 0.3 is 0 Å². The molecule has 0 spiro atoms. The van der Waals surface area contributed by atoms with Crippen LogP contribution in [0.5, 0.6) is 11.5 Å². The summed E-state index contributed by atoms with van der Waals surface area (Å²) in [4.78, 5) is 4.23. The monoisotopic (exact) mass is 216 g/mol. The van der Waals surface area contributed by atoms with Crippen LogP contribution in [-0.4, -0.2) is 23.0 Å². The van der Waals surface area contributed by atoms with E-state index in [1.165, 1.54) is 0 Å². The van der Waals surface area contributed by atoms with Gasteiger partial charge in [0.05, 0.1) is 12.6 Å². The van der Waals surface area contributed by atoms with Crippen LogP contribution < -0.4 is 4.74 Å². The highest BCUT2D eigenvalue weighted by Crippen LogP contribution is 2.40. The molecule has 0 atom stereocenters. The molecule has 3 rings (SSSR count). The Labute approximate surface area is 92.8 Å². The number of rotatable bonds is 1. The summed E-state index contributed by atoms with van der Waals surface area (Å²) >= 11 is 0. The first-order valence-electron chi connectivity index (χ1n) is 5.23. The van der Waals surface area contributed by atoms with Crippen molar-refractivity contribution in [2.45, 2.75) is 13.0 Å². The Kier molecular flexibility index (Phi) is 1.89. The fraction of sp³-hybridized carbons (Fsp3) is 0.250. The lowest BCUT2D eigenvalue weighted by Crippen LogP contribution is -2.01. The standard InChI is InChI=1S/C12H12N2O2/c1-16-8-3-4-10-9(7-8)11(15)12-13-5-2-6-14(10)12/h3-5,7,15H,2,6H2,1H3. The topological polar surface area (TPSA) is 46.8 Å². The molecule has 0 aliphatic carbocycles. The Hall–Kier alpha value is -1.97. The van der Waals surface area contributed by atoms with E-state index in [9.17, 15) is 5.11 Å². The Morgan fingerprint density at radius 2 is 2.31 bits per heavy atom. The lowest BCUT2D eigenvalue weighted by molar-refractivity contribution is 0.415. The largest absolute Gasteiger partial charge is 0.504 e. The Bertz CT molecular complexity index is 584. The molecule has 1 aliphatic rings. The van der Waals surface area contributed by atoms with Gasteiger partial charge in [-0.15, -0.1) is 0 Å². The van der Waals surface area contributed by atoms with E-state index in [0.717, 1.165) is 29.6 Å². The van der Waals surface area contributed by atoms with E-state index < -0.39 is 0 Å². The third kappa shape index (κ3) is 1.13. The molecule has 0 bridgehead atoms. The van der Waals surface area contributed by atoms with Gasteiger partial charge in [-0.2, -0.15) is 0 Å². The van der Waals surface area contributed by atoms with E-state index in [1.807, 2.05) is 29.0 Å². The van der Waals surface area contributed by atoms with Crippen molar-refractivity contribution in [2.24, 2.45) is 4.99 Å². The third-order valence-electron chi connectivity index (χ3n) is 2.91. The zero-order chi connectivity index (χ0) is 11.1. The number of fused-ring (bicyclic) bond motifs is 3. The number of hydrogen-bond acceptors (Lipinski definition) is 3. The summed E-state index contributed by atoms with van der Waals surface area (Å²) in [6.45, 7) is 0.863. The number of ether oxygens (including phenoxy) is 1. The Morgan fingerprint density at radius 3 is 3.12 bits per heavy atom. The maximum absolute atomic E-state index is 10.1. The van der Waals surface area contributed by atoms with Gasteiger partial charge in [-0.25, -0.2) is 4.99 Å². The van der Waals surface area contributed by atoms with Gasteiger partial charge in [-0.3, -0.25) is 0 Å². The first-order chi connectivity index (χ1) is 7.81. The van der Waals surface area contributed by atoms with Gasteiger partial charge in [0.1, 0.15) is 5.75 Å². The van der Waals surface area contributed by atoms with E-state index in [2.05, 4.69) is 4.99 Å². The molecule has 2 heterocycles. The van der Waals surface area contributed by atoms with Crippen molar-refractivity contribution >= 4 is 22.9 Å². The molecule has 2 aromatic rings.